The number of carbonyl (C=O) groups excluding carboxylic acids is 1. The molecule has 3 aromatic rings. The molecule has 0 saturated carbocycles. The minimum atomic E-state index is -0.531. The van der Waals surface area contributed by atoms with Gasteiger partial charge < -0.3 is 14.8 Å². The van der Waals surface area contributed by atoms with Crippen LogP contribution in [0.4, 0.5) is 5.82 Å². The summed E-state index contributed by atoms with van der Waals surface area (Å²) in [5.74, 6) is 0.955. The van der Waals surface area contributed by atoms with E-state index in [2.05, 4.69) is 15.3 Å². The van der Waals surface area contributed by atoms with Crippen molar-refractivity contribution >= 4 is 17.2 Å². The third-order valence-electron chi connectivity index (χ3n) is 4.76. The molecule has 1 aliphatic heterocycles. The van der Waals surface area contributed by atoms with E-state index in [1.165, 1.54) is 6.92 Å². The smallest absolute Gasteiger partial charge is 0.222 e. The van der Waals surface area contributed by atoms with Crippen molar-refractivity contribution in [1.82, 2.24) is 19.4 Å². The fraction of sp³-hybridized carbons (Fsp3) is 0.368. The summed E-state index contributed by atoms with van der Waals surface area (Å²) in [7, 11) is 1.69. The molecule has 140 valence electrons. The number of rotatable bonds is 4. The predicted octanol–water partition coefficient (Wildman–Crippen LogP) is 2.32. The van der Waals surface area contributed by atoms with E-state index in [0.29, 0.717) is 24.9 Å². The molecule has 1 atom stereocenters. The van der Waals surface area contributed by atoms with Crippen molar-refractivity contribution in [2.45, 2.75) is 25.9 Å². The zero-order valence-electron chi connectivity index (χ0n) is 15.5. The lowest BCUT2D eigenvalue weighted by molar-refractivity contribution is -0.114. The van der Waals surface area contributed by atoms with Crippen molar-refractivity contribution in [2.75, 3.05) is 25.6 Å². The Kier molecular flexibility index (Phi) is 4.37. The molecular formula is C19H21N5O3. The lowest BCUT2D eigenvalue weighted by Gasteiger charge is -2.25. The Morgan fingerprint density at radius 3 is 2.85 bits per heavy atom. The standard InChI is InChI=1S/C19H21N5O3/c1-12-6-15(23-16(7-12)19(26-3)4-5-27-11-19)18-21-9-14-8-20-17(10-24(14)18)22-13(2)25/h6-10H,4-5,11H2,1-3H3,(H,22,25)/t19-/m0/s1. The van der Waals surface area contributed by atoms with Gasteiger partial charge in [0.15, 0.2) is 5.82 Å². The Hall–Kier alpha value is -2.84. The summed E-state index contributed by atoms with van der Waals surface area (Å²) in [6.45, 7) is 4.60. The van der Waals surface area contributed by atoms with E-state index in [0.717, 1.165) is 28.9 Å². The molecule has 0 bridgehead atoms. The highest BCUT2D eigenvalue weighted by atomic mass is 16.5. The minimum Gasteiger partial charge on any atom is -0.378 e. The number of anilines is 1. The Morgan fingerprint density at radius 1 is 1.33 bits per heavy atom. The van der Waals surface area contributed by atoms with Crippen LogP contribution in [0.25, 0.3) is 17.0 Å². The van der Waals surface area contributed by atoms with Crippen LogP contribution >= 0.6 is 0 Å². The number of carbonyl (C=O) groups is 1. The first-order valence-corrected chi connectivity index (χ1v) is 8.74. The molecule has 27 heavy (non-hydrogen) atoms. The van der Waals surface area contributed by atoms with Crippen LogP contribution in [-0.4, -0.2) is 45.6 Å². The zero-order valence-corrected chi connectivity index (χ0v) is 15.5. The second kappa shape index (κ2) is 6.71. The number of fused-ring (bicyclic) bond motifs is 1. The van der Waals surface area contributed by atoms with Crippen LogP contribution in [0.3, 0.4) is 0 Å². The first-order chi connectivity index (χ1) is 13.0. The van der Waals surface area contributed by atoms with Gasteiger partial charge in [-0.25, -0.2) is 15.0 Å². The Morgan fingerprint density at radius 2 is 2.15 bits per heavy atom. The molecule has 0 aromatic carbocycles. The van der Waals surface area contributed by atoms with E-state index in [1.807, 2.05) is 23.5 Å². The Balaban J connectivity index is 1.82. The molecule has 1 N–H and O–H groups in total. The molecular weight excluding hydrogens is 346 g/mol. The average molecular weight is 367 g/mol. The number of aromatic nitrogens is 4. The summed E-state index contributed by atoms with van der Waals surface area (Å²) in [6.07, 6.45) is 5.90. The van der Waals surface area contributed by atoms with Gasteiger partial charge in [0, 0.05) is 27.1 Å². The lowest BCUT2D eigenvalue weighted by Crippen LogP contribution is -2.30. The topological polar surface area (TPSA) is 90.6 Å². The minimum absolute atomic E-state index is 0.178. The number of hydrogen-bond donors (Lipinski definition) is 1. The van der Waals surface area contributed by atoms with E-state index in [4.69, 9.17) is 14.5 Å². The highest BCUT2D eigenvalue weighted by Crippen LogP contribution is 2.34. The summed E-state index contributed by atoms with van der Waals surface area (Å²) in [5, 5.41) is 2.69. The van der Waals surface area contributed by atoms with Crippen LogP contribution in [0, 0.1) is 6.92 Å². The number of ether oxygens (including phenoxy) is 2. The summed E-state index contributed by atoms with van der Waals surface area (Å²) in [6, 6.07) is 4.01. The molecule has 3 aromatic heterocycles. The van der Waals surface area contributed by atoms with Crippen LogP contribution in [0.5, 0.6) is 0 Å². The van der Waals surface area contributed by atoms with Crippen LogP contribution < -0.4 is 5.32 Å². The molecule has 0 spiro atoms. The largest absolute Gasteiger partial charge is 0.378 e. The number of nitrogens with one attached hydrogen (secondary N) is 1. The number of imidazole rings is 1. The number of methoxy groups -OCH3 is 1. The van der Waals surface area contributed by atoms with Gasteiger partial charge in [-0.2, -0.15) is 0 Å². The molecule has 4 heterocycles. The summed E-state index contributed by atoms with van der Waals surface area (Å²) in [5.41, 5.74) is 2.91. The van der Waals surface area contributed by atoms with E-state index < -0.39 is 5.60 Å². The SMILES string of the molecule is CO[C@@]1(c2cc(C)cc(-c3ncc4cnc(NC(C)=O)cn34)n2)CCOC1. The molecule has 0 aliphatic carbocycles. The van der Waals surface area contributed by atoms with Gasteiger partial charge in [-0.3, -0.25) is 9.20 Å². The summed E-state index contributed by atoms with van der Waals surface area (Å²) in [4.78, 5) is 24.9. The van der Waals surface area contributed by atoms with Gasteiger partial charge >= 0.3 is 0 Å². The lowest BCUT2D eigenvalue weighted by atomic mass is 9.96. The van der Waals surface area contributed by atoms with Gasteiger partial charge in [0.1, 0.15) is 17.1 Å². The van der Waals surface area contributed by atoms with Crippen LogP contribution in [0.1, 0.15) is 24.6 Å². The molecule has 8 nitrogen and oxygen atoms in total. The second-order valence-corrected chi connectivity index (χ2v) is 6.75. The van der Waals surface area contributed by atoms with Gasteiger partial charge in [-0.1, -0.05) is 0 Å². The molecule has 0 unspecified atom stereocenters. The fourth-order valence-electron chi connectivity index (χ4n) is 3.36. The van der Waals surface area contributed by atoms with Gasteiger partial charge in [0.2, 0.25) is 5.91 Å². The maximum Gasteiger partial charge on any atom is 0.222 e. The first kappa shape index (κ1) is 17.6. The van der Waals surface area contributed by atoms with Crippen molar-refractivity contribution in [3.05, 3.63) is 42.0 Å². The summed E-state index contributed by atoms with van der Waals surface area (Å²) < 4.78 is 13.2. The Bertz CT molecular complexity index is 1010. The van der Waals surface area contributed by atoms with Gasteiger partial charge in [0.05, 0.1) is 36.4 Å². The zero-order chi connectivity index (χ0) is 19.0. The third-order valence-corrected chi connectivity index (χ3v) is 4.76. The number of aryl methyl sites for hydroxylation is 1. The molecule has 0 radical (unpaired) electrons. The van der Waals surface area contributed by atoms with E-state index >= 15 is 0 Å². The summed E-state index contributed by atoms with van der Waals surface area (Å²) >= 11 is 0. The van der Waals surface area contributed by atoms with E-state index in [1.54, 1.807) is 25.7 Å². The average Bonchev–Trinajstić information content (AvgIpc) is 3.28. The molecule has 1 saturated heterocycles. The highest BCUT2D eigenvalue weighted by molar-refractivity contribution is 5.87. The van der Waals surface area contributed by atoms with Crippen LogP contribution in [0.15, 0.2) is 30.7 Å². The van der Waals surface area contributed by atoms with Gasteiger partial charge in [-0.15, -0.1) is 0 Å². The maximum absolute atomic E-state index is 11.3. The fourth-order valence-corrected chi connectivity index (χ4v) is 3.36. The van der Waals surface area contributed by atoms with Crippen LogP contribution in [-0.2, 0) is 19.9 Å². The quantitative estimate of drug-likeness (QED) is 0.761. The van der Waals surface area contributed by atoms with Crippen molar-refractivity contribution in [3.8, 4) is 11.5 Å². The van der Waals surface area contributed by atoms with E-state index in [9.17, 15) is 4.79 Å². The molecule has 1 aliphatic rings. The van der Waals surface area contributed by atoms with Crippen molar-refractivity contribution in [1.29, 1.82) is 0 Å². The van der Waals surface area contributed by atoms with Crippen molar-refractivity contribution in [3.63, 3.8) is 0 Å². The Labute approximate surface area is 156 Å². The normalized spacial score (nSPS) is 19.5. The van der Waals surface area contributed by atoms with Crippen molar-refractivity contribution in [2.24, 2.45) is 0 Å². The maximum atomic E-state index is 11.3. The third kappa shape index (κ3) is 3.17. The molecule has 4 rings (SSSR count). The van der Waals surface area contributed by atoms with Crippen molar-refractivity contribution < 1.29 is 14.3 Å². The molecule has 8 heteroatoms. The number of amides is 1. The molecule has 1 amide bonds. The second-order valence-electron chi connectivity index (χ2n) is 6.75. The molecule has 1 fully saturated rings. The number of hydrogen-bond acceptors (Lipinski definition) is 6. The first-order valence-electron chi connectivity index (χ1n) is 8.74. The number of pyridine rings is 1. The number of nitrogens with zero attached hydrogens (tertiary/aromatic N) is 4. The van der Waals surface area contributed by atoms with Gasteiger partial charge in [0.25, 0.3) is 0 Å². The monoisotopic (exact) mass is 367 g/mol. The highest BCUT2D eigenvalue weighted by Gasteiger charge is 2.38. The predicted molar refractivity (Wildman–Crippen MR) is 99.4 cm³/mol. The van der Waals surface area contributed by atoms with E-state index in [-0.39, 0.29) is 5.91 Å². The van der Waals surface area contributed by atoms with Crippen LogP contribution in [0.2, 0.25) is 0 Å². The van der Waals surface area contributed by atoms with Gasteiger partial charge in [-0.05, 0) is 24.6 Å².